The van der Waals surface area contributed by atoms with Crippen LogP contribution in [0.15, 0.2) is 33.9 Å². The van der Waals surface area contributed by atoms with E-state index in [1.165, 1.54) is 6.07 Å². The van der Waals surface area contributed by atoms with Crippen LogP contribution >= 0.6 is 0 Å². The summed E-state index contributed by atoms with van der Waals surface area (Å²) in [5.41, 5.74) is -4.07. The Morgan fingerprint density at radius 1 is 1.42 bits per heavy atom. The fourth-order valence-corrected chi connectivity index (χ4v) is 2.25. The Kier molecular flexibility index (Phi) is 3.32. The number of carbonyl (C=O) groups is 1. The number of aromatic nitrogens is 2. The number of pyridine rings is 1. The highest BCUT2D eigenvalue weighted by Gasteiger charge is 2.29. The number of halogens is 2. The summed E-state index contributed by atoms with van der Waals surface area (Å²) >= 11 is 0. The quantitative estimate of drug-likeness (QED) is 0.570. The van der Waals surface area contributed by atoms with Gasteiger partial charge in [-0.15, -0.1) is 0 Å². The minimum absolute atomic E-state index is 0.0807. The van der Waals surface area contributed by atoms with Gasteiger partial charge in [-0.3, -0.25) is 19.5 Å². The topological polar surface area (TPSA) is 128 Å². The zero-order valence-electron chi connectivity index (χ0n) is 11.4. The summed E-state index contributed by atoms with van der Waals surface area (Å²) in [7, 11) is 0. The summed E-state index contributed by atoms with van der Waals surface area (Å²) in [4.78, 5) is 33.3. The van der Waals surface area contributed by atoms with Crippen molar-refractivity contribution in [2.24, 2.45) is 0 Å². The maximum Gasteiger partial charge on any atom is 0.341 e. The second-order valence-corrected chi connectivity index (χ2v) is 4.58. The molecule has 0 aliphatic heterocycles. The second-order valence-electron chi connectivity index (χ2n) is 4.58. The number of rotatable bonds is 3. The van der Waals surface area contributed by atoms with Gasteiger partial charge in [0.1, 0.15) is 17.2 Å². The summed E-state index contributed by atoms with van der Waals surface area (Å²) in [5, 5.41) is 22.8. The third-order valence-corrected chi connectivity index (χ3v) is 3.25. The Labute approximate surface area is 129 Å². The molecule has 3 rings (SSSR count). The lowest BCUT2D eigenvalue weighted by atomic mass is 10.1. The largest absolute Gasteiger partial charge is 0.477 e. The van der Waals surface area contributed by atoms with E-state index in [4.69, 9.17) is 5.11 Å². The first-order valence-corrected chi connectivity index (χ1v) is 6.18. The SMILES string of the molecule is O=C(O)c1cn(-c2ccon2)c2cc(F)c(F)c([N+](=O)[O-])c2c1=O. The highest BCUT2D eigenvalue weighted by molar-refractivity contribution is 5.96. The molecule has 0 spiro atoms. The van der Waals surface area contributed by atoms with Gasteiger partial charge in [-0.05, 0) is 0 Å². The molecule has 1 aromatic carbocycles. The molecule has 0 saturated carbocycles. The normalized spacial score (nSPS) is 10.9. The molecule has 24 heavy (non-hydrogen) atoms. The first-order valence-electron chi connectivity index (χ1n) is 6.18. The number of hydrogen-bond acceptors (Lipinski definition) is 6. The lowest BCUT2D eigenvalue weighted by Gasteiger charge is -2.10. The standard InChI is InChI=1S/C13H5F2N3O6/c14-6-3-7-9(11(10(6)15)18(22)23)12(19)5(13(20)21)4-17(7)8-1-2-24-16-8/h1-4H,(H,20,21). The molecule has 0 saturated heterocycles. The summed E-state index contributed by atoms with van der Waals surface area (Å²) in [6.45, 7) is 0. The number of carboxylic acid groups (broad SMARTS) is 1. The third kappa shape index (κ3) is 2.10. The number of nitro groups is 1. The predicted molar refractivity (Wildman–Crippen MR) is 73.1 cm³/mol. The Morgan fingerprint density at radius 3 is 2.67 bits per heavy atom. The molecule has 0 aliphatic carbocycles. The van der Waals surface area contributed by atoms with Gasteiger partial charge in [0.2, 0.25) is 11.2 Å². The van der Waals surface area contributed by atoms with Gasteiger partial charge in [0.05, 0.1) is 10.4 Å². The van der Waals surface area contributed by atoms with Crippen LogP contribution < -0.4 is 5.43 Å². The lowest BCUT2D eigenvalue weighted by Crippen LogP contribution is -2.20. The molecule has 0 amide bonds. The van der Waals surface area contributed by atoms with Gasteiger partial charge in [-0.25, -0.2) is 9.18 Å². The molecular formula is C13H5F2N3O6. The summed E-state index contributed by atoms with van der Waals surface area (Å²) < 4.78 is 33.0. The molecule has 11 heteroatoms. The Morgan fingerprint density at radius 2 is 2.12 bits per heavy atom. The molecule has 0 atom stereocenters. The Hall–Kier alpha value is -3.63. The van der Waals surface area contributed by atoms with Crippen LogP contribution in [0.4, 0.5) is 14.5 Å². The predicted octanol–water partition coefficient (Wildman–Crippen LogP) is 1.86. The lowest BCUT2D eigenvalue weighted by molar-refractivity contribution is -0.386. The highest BCUT2D eigenvalue weighted by atomic mass is 19.2. The van der Waals surface area contributed by atoms with E-state index in [2.05, 4.69) is 9.68 Å². The van der Waals surface area contributed by atoms with E-state index in [9.17, 15) is 28.5 Å². The average Bonchev–Trinajstić information content (AvgIpc) is 3.03. The van der Waals surface area contributed by atoms with E-state index in [-0.39, 0.29) is 5.82 Å². The zero-order chi connectivity index (χ0) is 17.6. The molecule has 122 valence electrons. The smallest absolute Gasteiger partial charge is 0.341 e. The number of carboxylic acids is 1. The highest BCUT2D eigenvalue weighted by Crippen LogP contribution is 2.30. The molecule has 9 nitrogen and oxygen atoms in total. The van der Waals surface area contributed by atoms with Crippen LogP contribution in [0.2, 0.25) is 0 Å². The molecule has 3 aromatic rings. The summed E-state index contributed by atoms with van der Waals surface area (Å²) in [5.74, 6) is -5.21. The fraction of sp³-hybridized carbons (Fsp3) is 0. The van der Waals surface area contributed by atoms with Crippen molar-refractivity contribution in [3.8, 4) is 5.82 Å². The van der Waals surface area contributed by atoms with Crippen LogP contribution in [0, 0.1) is 21.7 Å². The van der Waals surface area contributed by atoms with Crippen LogP contribution in [0.3, 0.4) is 0 Å². The van der Waals surface area contributed by atoms with E-state index in [0.29, 0.717) is 6.07 Å². The van der Waals surface area contributed by atoms with Crippen LogP contribution in [0.25, 0.3) is 16.7 Å². The first-order chi connectivity index (χ1) is 11.3. The molecule has 0 fully saturated rings. The molecule has 2 aromatic heterocycles. The number of nitro benzene ring substituents is 1. The van der Waals surface area contributed by atoms with Crippen LogP contribution in [-0.2, 0) is 0 Å². The molecule has 0 unspecified atom stereocenters. The van der Waals surface area contributed by atoms with E-state index < -0.39 is 50.1 Å². The molecule has 2 heterocycles. The zero-order valence-corrected chi connectivity index (χ0v) is 11.4. The number of hydrogen-bond donors (Lipinski definition) is 1. The van der Waals surface area contributed by atoms with Crippen molar-refractivity contribution in [1.82, 2.24) is 9.72 Å². The molecule has 0 radical (unpaired) electrons. The Bertz CT molecular complexity index is 1060. The number of fused-ring (bicyclic) bond motifs is 1. The summed E-state index contributed by atoms with van der Waals surface area (Å²) in [6.07, 6.45) is 1.90. The number of nitrogens with zero attached hydrogens (tertiary/aromatic N) is 3. The summed E-state index contributed by atoms with van der Waals surface area (Å²) in [6, 6.07) is 1.78. The third-order valence-electron chi connectivity index (χ3n) is 3.25. The van der Waals surface area contributed by atoms with Gasteiger partial charge < -0.3 is 9.63 Å². The van der Waals surface area contributed by atoms with Crippen LogP contribution in [-0.4, -0.2) is 25.7 Å². The van der Waals surface area contributed by atoms with Crippen molar-refractivity contribution in [3.63, 3.8) is 0 Å². The fourth-order valence-electron chi connectivity index (χ4n) is 2.25. The second kappa shape index (κ2) is 5.22. The Balaban J connectivity index is 2.63. The molecule has 0 aliphatic rings. The van der Waals surface area contributed by atoms with Crippen molar-refractivity contribution in [3.05, 3.63) is 62.1 Å². The van der Waals surface area contributed by atoms with Gasteiger partial charge in [0.15, 0.2) is 11.6 Å². The monoisotopic (exact) mass is 337 g/mol. The van der Waals surface area contributed by atoms with Crippen LogP contribution in [0.1, 0.15) is 10.4 Å². The van der Waals surface area contributed by atoms with Crippen molar-refractivity contribution in [2.45, 2.75) is 0 Å². The minimum Gasteiger partial charge on any atom is -0.477 e. The van der Waals surface area contributed by atoms with E-state index in [1.807, 2.05) is 0 Å². The maximum atomic E-state index is 13.8. The van der Waals surface area contributed by atoms with Crippen molar-refractivity contribution in [1.29, 1.82) is 0 Å². The molecular weight excluding hydrogens is 332 g/mol. The number of benzene rings is 1. The minimum atomic E-state index is -1.86. The van der Waals surface area contributed by atoms with Gasteiger partial charge in [0, 0.05) is 18.3 Å². The number of aromatic carboxylic acids is 1. The van der Waals surface area contributed by atoms with Crippen molar-refractivity contribution in [2.75, 3.05) is 0 Å². The van der Waals surface area contributed by atoms with Gasteiger partial charge >= 0.3 is 11.7 Å². The van der Waals surface area contributed by atoms with E-state index >= 15 is 0 Å². The average molecular weight is 337 g/mol. The van der Waals surface area contributed by atoms with Crippen molar-refractivity contribution >= 4 is 22.6 Å². The first kappa shape index (κ1) is 15.3. The molecule has 0 bridgehead atoms. The molecule has 1 N–H and O–H groups in total. The van der Waals surface area contributed by atoms with E-state index in [0.717, 1.165) is 17.0 Å². The van der Waals surface area contributed by atoms with E-state index in [1.54, 1.807) is 0 Å². The van der Waals surface area contributed by atoms with Crippen molar-refractivity contribution < 1.29 is 28.1 Å². The maximum absolute atomic E-state index is 13.8. The van der Waals surface area contributed by atoms with Gasteiger partial charge in [-0.1, -0.05) is 5.16 Å². The van der Waals surface area contributed by atoms with Crippen LogP contribution in [0.5, 0.6) is 0 Å². The van der Waals surface area contributed by atoms with Gasteiger partial charge in [-0.2, -0.15) is 4.39 Å². The van der Waals surface area contributed by atoms with Gasteiger partial charge in [0.25, 0.3) is 0 Å².